The van der Waals surface area contributed by atoms with Gasteiger partial charge in [0.25, 0.3) is 0 Å². The normalized spacial score (nSPS) is 39.4. The van der Waals surface area contributed by atoms with E-state index in [1.54, 1.807) is 0 Å². The number of carbonyl (C=O) groups is 1. The summed E-state index contributed by atoms with van der Waals surface area (Å²) in [6.45, 7) is 10.7. The van der Waals surface area contributed by atoms with E-state index >= 15 is 0 Å². The fourth-order valence-electron chi connectivity index (χ4n) is 7.62. The Morgan fingerprint density at radius 2 is 1.63 bits per heavy atom. The number of aliphatic hydroxyl groups excluding tert-OH is 2. The highest BCUT2D eigenvalue weighted by molar-refractivity contribution is 5.69. The molecule has 9 atom stereocenters. The van der Waals surface area contributed by atoms with Gasteiger partial charge in [0.05, 0.1) is 25.4 Å². The fraction of sp³-hybridized carbons (Fsp3) is 0.967. The van der Waals surface area contributed by atoms with Crippen LogP contribution in [0.4, 0.5) is 0 Å². The van der Waals surface area contributed by atoms with Crippen molar-refractivity contribution in [2.45, 2.75) is 129 Å². The minimum absolute atomic E-state index is 0.0383. The maximum absolute atomic E-state index is 12.5. The maximum Gasteiger partial charge on any atom is 0.306 e. The first kappa shape index (κ1) is 28.9. The summed E-state index contributed by atoms with van der Waals surface area (Å²) in [5.41, 5.74) is 0. The smallest absolute Gasteiger partial charge is 0.306 e. The van der Waals surface area contributed by atoms with E-state index in [2.05, 4.69) is 27.7 Å². The second-order valence-electron chi connectivity index (χ2n) is 12.7. The lowest BCUT2D eigenvalue weighted by atomic mass is 9.70. The topological polar surface area (TPSA) is 76.0 Å². The summed E-state index contributed by atoms with van der Waals surface area (Å²) in [4.78, 5) is 12.5. The van der Waals surface area contributed by atoms with Gasteiger partial charge >= 0.3 is 5.97 Å². The van der Waals surface area contributed by atoms with Crippen LogP contribution in [0, 0.1) is 41.4 Å². The van der Waals surface area contributed by atoms with Gasteiger partial charge in [-0.25, -0.2) is 0 Å². The second-order valence-corrected chi connectivity index (χ2v) is 12.7. The van der Waals surface area contributed by atoms with Crippen molar-refractivity contribution in [2.24, 2.45) is 41.4 Å². The van der Waals surface area contributed by atoms with Gasteiger partial charge in [0.2, 0.25) is 0 Å². The van der Waals surface area contributed by atoms with Crippen molar-refractivity contribution in [1.82, 2.24) is 0 Å². The van der Waals surface area contributed by atoms with Crippen LogP contribution in [-0.4, -0.2) is 47.7 Å². The maximum atomic E-state index is 12.5. The predicted octanol–water partition coefficient (Wildman–Crippen LogP) is 6.14. The van der Waals surface area contributed by atoms with Crippen LogP contribution in [0.3, 0.4) is 0 Å². The zero-order chi connectivity index (χ0) is 25.4. The first-order valence-electron chi connectivity index (χ1n) is 14.9. The van der Waals surface area contributed by atoms with Crippen LogP contribution in [0.15, 0.2) is 0 Å². The molecule has 0 aromatic heterocycles. The molecule has 35 heavy (non-hydrogen) atoms. The van der Waals surface area contributed by atoms with E-state index in [0.717, 1.165) is 57.8 Å². The lowest BCUT2D eigenvalue weighted by Gasteiger charge is -2.38. The van der Waals surface area contributed by atoms with Gasteiger partial charge < -0.3 is 19.7 Å². The molecular formula is C30H54O5. The Balaban J connectivity index is 1.59. The molecule has 9 unspecified atom stereocenters. The average molecular weight is 495 g/mol. The second kappa shape index (κ2) is 14.3. The van der Waals surface area contributed by atoms with Crippen LogP contribution >= 0.6 is 0 Å². The van der Waals surface area contributed by atoms with Gasteiger partial charge in [0, 0.05) is 19.3 Å². The van der Waals surface area contributed by atoms with Gasteiger partial charge in [-0.1, -0.05) is 47.0 Å². The third-order valence-electron chi connectivity index (χ3n) is 9.76. The quantitative estimate of drug-likeness (QED) is 0.449. The summed E-state index contributed by atoms with van der Waals surface area (Å²) >= 11 is 0. The third kappa shape index (κ3) is 9.00. The fourth-order valence-corrected chi connectivity index (χ4v) is 7.62. The van der Waals surface area contributed by atoms with Gasteiger partial charge in [-0.2, -0.15) is 0 Å². The molecule has 3 aliphatic rings. The molecule has 0 aromatic carbocycles. The largest absolute Gasteiger partial charge is 0.462 e. The number of fused-ring (bicyclic) bond motifs is 1. The molecule has 2 N–H and O–H groups in total. The van der Waals surface area contributed by atoms with Crippen molar-refractivity contribution in [1.29, 1.82) is 0 Å². The number of aliphatic hydroxyl groups is 2. The highest BCUT2D eigenvalue weighted by Crippen LogP contribution is 2.43. The molecule has 0 bridgehead atoms. The van der Waals surface area contributed by atoms with Gasteiger partial charge in [-0.15, -0.1) is 0 Å². The number of esters is 1. The first-order valence-corrected chi connectivity index (χ1v) is 14.9. The molecule has 1 saturated heterocycles. The van der Waals surface area contributed by atoms with E-state index in [-0.39, 0.29) is 24.3 Å². The van der Waals surface area contributed by atoms with Crippen LogP contribution in [0.5, 0.6) is 0 Å². The Kier molecular flexibility index (Phi) is 11.8. The Morgan fingerprint density at radius 3 is 2.37 bits per heavy atom. The van der Waals surface area contributed by atoms with Crippen molar-refractivity contribution in [2.75, 3.05) is 13.2 Å². The van der Waals surface area contributed by atoms with Gasteiger partial charge in [-0.3, -0.25) is 4.79 Å². The summed E-state index contributed by atoms with van der Waals surface area (Å²) in [6, 6.07) is 0. The highest BCUT2D eigenvalue weighted by Gasteiger charge is 2.37. The molecule has 5 nitrogen and oxygen atoms in total. The Bertz CT molecular complexity index is 618. The summed E-state index contributed by atoms with van der Waals surface area (Å²) in [7, 11) is 0. The molecule has 0 radical (unpaired) electrons. The average Bonchev–Trinajstić information content (AvgIpc) is 2.86. The van der Waals surface area contributed by atoms with Crippen LogP contribution in [0.2, 0.25) is 0 Å². The van der Waals surface area contributed by atoms with E-state index in [1.165, 1.54) is 19.3 Å². The summed E-state index contributed by atoms with van der Waals surface area (Å²) in [5.74, 6) is 3.47. The van der Waals surface area contributed by atoms with Crippen molar-refractivity contribution in [3.8, 4) is 0 Å². The molecule has 204 valence electrons. The van der Waals surface area contributed by atoms with E-state index in [1.807, 2.05) is 0 Å². The Morgan fingerprint density at radius 1 is 0.914 bits per heavy atom. The lowest BCUT2D eigenvalue weighted by Crippen LogP contribution is -2.36. The number of ether oxygens (including phenoxy) is 2. The number of hydrogen-bond acceptors (Lipinski definition) is 5. The van der Waals surface area contributed by atoms with Crippen molar-refractivity contribution >= 4 is 5.97 Å². The summed E-state index contributed by atoms with van der Waals surface area (Å²) in [5, 5.41) is 21.7. The van der Waals surface area contributed by atoms with Crippen LogP contribution < -0.4 is 0 Å². The van der Waals surface area contributed by atoms with Gasteiger partial charge in [0.1, 0.15) is 6.10 Å². The van der Waals surface area contributed by atoms with Gasteiger partial charge in [-0.05, 0) is 86.4 Å². The predicted molar refractivity (Wildman–Crippen MR) is 140 cm³/mol. The van der Waals surface area contributed by atoms with Crippen LogP contribution in [-0.2, 0) is 14.3 Å². The molecule has 1 heterocycles. The molecule has 1 aliphatic heterocycles. The number of rotatable bonds is 5. The van der Waals surface area contributed by atoms with Gasteiger partial charge in [0.15, 0.2) is 0 Å². The molecule has 2 aliphatic carbocycles. The molecule has 3 rings (SSSR count). The minimum Gasteiger partial charge on any atom is -0.462 e. The standard InChI is InChI=1S/C30H54O5/c1-20-18-25(31)7-5-6-24-11-8-21(2)27(12-9-23(4)30(24)28(32)19-20)22(3)10-13-29(33)35-26-14-16-34-17-15-26/h20-28,30-32H,5-19H2,1-4H3. The lowest BCUT2D eigenvalue weighted by molar-refractivity contribution is -0.153. The Labute approximate surface area is 214 Å². The Hall–Kier alpha value is -0.650. The third-order valence-corrected chi connectivity index (χ3v) is 9.76. The molecule has 0 spiro atoms. The molecule has 5 heteroatoms. The monoisotopic (exact) mass is 494 g/mol. The minimum atomic E-state index is -0.264. The SMILES string of the molecule is CC1CC(O)CCCC2CCC(C)C(C(C)CCC(=O)OC3CCOCC3)CCC(C)C2C(O)C1. The highest BCUT2D eigenvalue weighted by atomic mass is 16.6. The van der Waals surface area contributed by atoms with Crippen LogP contribution in [0.25, 0.3) is 0 Å². The molecular weight excluding hydrogens is 440 g/mol. The summed E-state index contributed by atoms with van der Waals surface area (Å²) < 4.78 is 11.1. The first-order chi connectivity index (χ1) is 16.7. The number of carbonyl (C=O) groups excluding carboxylic acids is 1. The summed E-state index contributed by atoms with van der Waals surface area (Å²) in [6.07, 6.45) is 12.0. The van der Waals surface area contributed by atoms with Crippen molar-refractivity contribution < 1.29 is 24.5 Å². The van der Waals surface area contributed by atoms with Crippen molar-refractivity contribution in [3.63, 3.8) is 0 Å². The number of hydrogen-bond donors (Lipinski definition) is 2. The molecule has 3 fully saturated rings. The van der Waals surface area contributed by atoms with Crippen LogP contribution in [0.1, 0.15) is 111 Å². The zero-order valence-corrected chi connectivity index (χ0v) is 23.0. The van der Waals surface area contributed by atoms with E-state index in [4.69, 9.17) is 9.47 Å². The molecule has 2 saturated carbocycles. The molecule has 0 amide bonds. The van der Waals surface area contributed by atoms with E-state index in [0.29, 0.717) is 61.1 Å². The van der Waals surface area contributed by atoms with E-state index < -0.39 is 0 Å². The zero-order valence-electron chi connectivity index (χ0n) is 23.0. The van der Waals surface area contributed by atoms with Crippen molar-refractivity contribution in [3.05, 3.63) is 0 Å². The van der Waals surface area contributed by atoms with E-state index in [9.17, 15) is 15.0 Å². The molecule has 0 aromatic rings.